The number of benzene rings is 1. The summed E-state index contributed by atoms with van der Waals surface area (Å²) >= 11 is 6.33. The molecule has 0 spiro atoms. The van der Waals surface area contributed by atoms with Gasteiger partial charge in [-0.25, -0.2) is 27.5 Å². The zero-order valence-electron chi connectivity index (χ0n) is 19.6. The van der Waals surface area contributed by atoms with Gasteiger partial charge in [-0.3, -0.25) is 4.79 Å². The van der Waals surface area contributed by atoms with Gasteiger partial charge in [-0.2, -0.15) is 0 Å². The van der Waals surface area contributed by atoms with Crippen molar-refractivity contribution in [1.29, 1.82) is 0 Å². The Morgan fingerprint density at radius 3 is 2.32 bits per heavy atom. The Hall–Kier alpha value is -2.92. The van der Waals surface area contributed by atoms with Gasteiger partial charge in [0.2, 0.25) is 5.95 Å². The van der Waals surface area contributed by atoms with E-state index in [-0.39, 0.29) is 28.6 Å². The lowest BCUT2D eigenvalue weighted by Crippen LogP contribution is -2.38. The number of halogens is 1. The lowest BCUT2D eigenvalue weighted by molar-refractivity contribution is -0.146. The number of sulfonamides is 1. The molecule has 1 aliphatic carbocycles. The van der Waals surface area contributed by atoms with Gasteiger partial charge >= 0.3 is 12.1 Å². The van der Waals surface area contributed by atoms with E-state index in [1.807, 2.05) is 0 Å². The first-order chi connectivity index (χ1) is 15.8. The van der Waals surface area contributed by atoms with Crippen LogP contribution in [0.3, 0.4) is 0 Å². The van der Waals surface area contributed by atoms with Crippen molar-refractivity contribution in [3.05, 3.63) is 41.2 Å². The first-order valence-electron chi connectivity index (χ1n) is 10.6. The predicted octanol–water partition coefficient (Wildman–Crippen LogP) is 4.02. The Bertz CT molecular complexity index is 1190. The molecule has 10 nitrogen and oxygen atoms in total. The molecule has 3 rings (SSSR count). The first-order valence-corrected chi connectivity index (χ1v) is 12.4. The summed E-state index contributed by atoms with van der Waals surface area (Å²) in [4.78, 5) is 32.8. The smallest absolute Gasteiger partial charge is 0.424 e. The minimum atomic E-state index is -4.10. The normalized spacial score (nSPS) is 14.8. The van der Waals surface area contributed by atoms with Crippen LogP contribution in [-0.4, -0.2) is 54.0 Å². The van der Waals surface area contributed by atoms with Gasteiger partial charge in [0.1, 0.15) is 10.8 Å². The Balaban J connectivity index is 1.73. The summed E-state index contributed by atoms with van der Waals surface area (Å²) in [5, 5.41) is 3.08. The molecule has 12 heteroatoms. The van der Waals surface area contributed by atoms with Gasteiger partial charge in [0.05, 0.1) is 16.9 Å². The van der Waals surface area contributed by atoms with Crippen LogP contribution >= 0.6 is 11.6 Å². The highest BCUT2D eigenvalue weighted by Crippen LogP contribution is 2.51. The third-order valence-electron chi connectivity index (χ3n) is 5.09. The minimum absolute atomic E-state index is 0.0918. The molecule has 0 saturated heterocycles. The van der Waals surface area contributed by atoms with E-state index in [4.69, 9.17) is 21.1 Å². The quantitative estimate of drug-likeness (QED) is 0.433. The standard InChI is InChI=1S/C22H27ClN4O6S/c1-6-32-18(28)22(11-12-22)16-13-24-19(26-17(16)23)25-14-7-9-15(10-8-14)34(30,31)27(5)20(29)33-21(2,3)4/h7-10,13H,6,11-12H2,1-5H3,(H,24,25,26). The van der Waals surface area contributed by atoms with E-state index in [1.54, 1.807) is 27.7 Å². The average molecular weight is 511 g/mol. The number of hydrogen-bond acceptors (Lipinski definition) is 9. The van der Waals surface area contributed by atoms with Crippen molar-refractivity contribution < 1.29 is 27.5 Å². The maximum atomic E-state index is 12.7. The molecule has 0 bridgehead atoms. The number of nitrogens with one attached hydrogen (secondary N) is 1. The predicted molar refractivity (Wildman–Crippen MR) is 125 cm³/mol. The van der Waals surface area contributed by atoms with Crippen LogP contribution < -0.4 is 5.32 Å². The molecule has 1 aliphatic rings. The van der Waals surface area contributed by atoms with Crippen molar-refractivity contribution in [3.63, 3.8) is 0 Å². The van der Waals surface area contributed by atoms with E-state index in [9.17, 15) is 18.0 Å². The molecule has 34 heavy (non-hydrogen) atoms. The highest BCUT2D eigenvalue weighted by molar-refractivity contribution is 7.89. The number of nitrogens with zero attached hydrogens (tertiary/aromatic N) is 3. The van der Waals surface area contributed by atoms with Crippen molar-refractivity contribution in [2.75, 3.05) is 19.0 Å². The number of amides is 1. The summed E-state index contributed by atoms with van der Waals surface area (Å²) in [7, 11) is -2.97. The molecule has 1 saturated carbocycles. The number of anilines is 2. The van der Waals surface area contributed by atoms with Gasteiger partial charge in [0.25, 0.3) is 10.0 Å². The second-order valence-corrected chi connectivity index (χ2v) is 11.1. The molecule has 1 aromatic heterocycles. The van der Waals surface area contributed by atoms with Crippen LogP contribution in [0.2, 0.25) is 5.15 Å². The monoisotopic (exact) mass is 510 g/mol. The number of hydrogen-bond donors (Lipinski definition) is 1. The van der Waals surface area contributed by atoms with Gasteiger partial charge in [0.15, 0.2) is 0 Å². The Morgan fingerprint density at radius 1 is 1.21 bits per heavy atom. The van der Waals surface area contributed by atoms with E-state index in [0.29, 0.717) is 28.4 Å². The average Bonchev–Trinajstić information content (AvgIpc) is 3.54. The van der Waals surface area contributed by atoms with Crippen molar-refractivity contribution >= 4 is 45.3 Å². The van der Waals surface area contributed by atoms with Crippen LogP contribution in [0.1, 0.15) is 46.1 Å². The number of rotatable bonds is 7. The van der Waals surface area contributed by atoms with E-state index in [0.717, 1.165) is 7.05 Å². The molecule has 1 N–H and O–H groups in total. The lowest BCUT2D eigenvalue weighted by atomic mass is 9.99. The van der Waals surface area contributed by atoms with Crippen LogP contribution in [0.15, 0.2) is 35.4 Å². The molecule has 1 heterocycles. The zero-order valence-corrected chi connectivity index (χ0v) is 21.2. The maximum Gasteiger partial charge on any atom is 0.424 e. The zero-order chi connectivity index (χ0) is 25.3. The third kappa shape index (κ3) is 5.41. The summed E-state index contributed by atoms with van der Waals surface area (Å²) in [6.07, 6.45) is 1.76. The van der Waals surface area contributed by atoms with Crippen molar-refractivity contribution in [2.45, 2.75) is 56.4 Å². The molecular formula is C22H27ClN4O6S. The molecular weight excluding hydrogens is 484 g/mol. The summed E-state index contributed by atoms with van der Waals surface area (Å²) in [5.74, 6) is -0.163. The molecule has 1 fully saturated rings. The summed E-state index contributed by atoms with van der Waals surface area (Å²) in [6.45, 7) is 6.96. The van der Waals surface area contributed by atoms with Crippen molar-refractivity contribution in [2.24, 2.45) is 0 Å². The largest absolute Gasteiger partial charge is 0.465 e. The molecule has 1 aromatic carbocycles. The van der Waals surface area contributed by atoms with Gasteiger partial charge in [-0.05, 0) is 64.8 Å². The van der Waals surface area contributed by atoms with Crippen LogP contribution in [0, 0.1) is 0 Å². The van der Waals surface area contributed by atoms with Crippen LogP contribution in [0.25, 0.3) is 0 Å². The SMILES string of the molecule is CCOC(=O)C1(c2cnc(Nc3ccc(S(=O)(=O)N(C)C(=O)OC(C)(C)C)cc3)nc2Cl)CC1. The highest BCUT2D eigenvalue weighted by atomic mass is 35.5. The van der Waals surface area contributed by atoms with Crippen LogP contribution in [-0.2, 0) is 29.7 Å². The maximum absolute atomic E-state index is 12.7. The summed E-state index contributed by atoms with van der Waals surface area (Å²) < 4.78 is 36.3. The van der Waals surface area contributed by atoms with Crippen molar-refractivity contribution in [1.82, 2.24) is 14.3 Å². The minimum Gasteiger partial charge on any atom is -0.465 e. The van der Waals surface area contributed by atoms with Gasteiger partial charge in [-0.15, -0.1) is 0 Å². The number of esters is 1. The fourth-order valence-electron chi connectivity index (χ4n) is 3.14. The molecule has 0 atom stereocenters. The van der Waals surface area contributed by atoms with Gasteiger partial charge < -0.3 is 14.8 Å². The van der Waals surface area contributed by atoms with Crippen molar-refractivity contribution in [3.8, 4) is 0 Å². The Labute approximate surface area is 203 Å². The Kier molecular flexibility index (Phi) is 7.09. The molecule has 2 aromatic rings. The second-order valence-electron chi connectivity index (χ2n) is 8.80. The number of carbonyl (C=O) groups excluding carboxylic acids is 2. The molecule has 0 radical (unpaired) electrons. The van der Waals surface area contributed by atoms with E-state index < -0.39 is 27.1 Å². The molecule has 1 amide bonds. The lowest BCUT2D eigenvalue weighted by Gasteiger charge is -2.24. The highest BCUT2D eigenvalue weighted by Gasteiger charge is 2.54. The van der Waals surface area contributed by atoms with Gasteiger partial charge in [0, 0.05) is 24.5 Å². The molecule has 0 unspecified atom stereocenters. The summed E-state index contributed by atoms with van der Waals surface area (Å²) in [5.41, 5.74) is -0.609. The molecule has 0 aliphatic heterocycles. The topological polar surface area (TPSA) is 128 Å². The van der Waals surface area contributed by atoms with Gasteiger partial charge in [-0.1, -0.05) is 11.6 Å². The Morgan fingerprint density at radius 2 is 1.82 bits per heavy atom. The third-order valence-corrected chi connectivity index (χ3v) is 7.12. The fraction of sp³-hybridized carbons (Fsp3) is 0.455. The first kappa shape index (κ1) is 25.7. The fourth-order valence-corrected chi connectivity index (χ4v) is 4.48. The number of aromatic nitrogens is 2. The molecule has 184 valence electrons. The second kappa shape index (κ2) is 9.38. The van der Waals surface area contributed by atoms with E-state index >= 15 is 0 Å². The van der Waals surface area contributed by atoms with Crippen LogP contribution in [0.5, 0.6) is 0 Å². The summed E-state index contributed by atoms with van der Waals surface area (Å²) in [6, 6.07) is 5.69. The van der Waals surface area contributed by atoms with E-state index in [1.165, 1.54) is 30.5 Å². The number of carbonyl (C=O) groups is 2. The van der Waals surface area contributed by atoms with Crippen LogP contribution in [0.4, 0.5) is 16.4 Å². The van der Waals surface area contributed by atoms with E-state index in [2.05, 4.69) is 15.3 Å². The number of ether oxygens (including phenoxy) is 2.